The van der Waals surface area contributed by atoms with Gasteiger partial charge in [-0.25, -0.2) is 9.97 Å². The highest BCUT2D eigenvalue weighted by molar-refractivity contribution is 6.32. The highest BCUT2D eigenvalue weighted by Gasteiger charge is 2.06. The van der Waals surface area contributed by atoms with Crippen LogP contribution in [0.25, 0.3) is 0 Å². The van der Waals surface area contributed by atoms with Crippen LogP contribution in [0.3, 0.4) is 0 Å². The van der Waals surface area contributed by atoms with Gasteiger partial charge in [0.05, 0.1) is 0 Å². The molecular formula is C6H8ClN5. The van der Waals surface area contributed by atoms with Crippen molar-refractivity contribution in [1.29, 1.82) is 0 Å². The summed E-state index contributed by atoms with van der Waals surface area (Å²) in [5.74, 6) is 0.905. The second kappa shape index (κ2) is 3.36. The standard InChI is InChI=1S/C6H8ClN5/c1-3-10-5(7)4(8)6(11-3)12-9-2/h2,8H2,1H3,(H,10,11,12). The number of anilines is 2. The van der Waals surface area contributed by atoms with Crippen molar-refractivity contribution in [1.82, 2.24) is 9.97 Å². The number of nitrogens with zero attached hydrogens (tertiary/aromatic N) is 3. The Hall–Kier alpha value is -1.36. The summed E-state index contributed by atoms with van der Waals surface area (Å²) in [6, 6.07) is 0. The zero-order valence-electron chi connectivity index (χ0n) is 6.50. The Morgan fingerprint density at radius 2 is 2.25 bits per heavy atom. The number of hydrogen-bond acceptors (Lipinski definition) is 5. The van der Waals surface area contributed by atoms with Crippen molar-refractivity contribution in [2.75, 3.05) is 11.2 Å². The van der Waals surface area contributed by atoms with Crippen molar-refractivity contribution < 1.29 is 0 Å². The lowest BCUT2D eigenvalue weighted by atomic mass is 10.5. The third-order valence-electron chi connectivity index (χ3n) is 1.20. The molecule has 6 heteroatoms. The number of aryl methyl sites for hydroxylation is 1. The fourth-order valence-electron chi connectivity index (χ4n) is 0.707. The molecule has 64 valence electrons. The highest BCUT2D eigenvalue weighted by Crippen LogP contribution is 2.22. The van der Waals surface area contributed by atoms with Crippen molar-refractivity contribution in [2.45, 2.75) is 6.92 Å². The van der Waals surface area contributed by atoms with Gasteiger partial charge in [0.1, 0.15) is 11.5 Å². The largest absolute Gasteiger partial charge is 0.393 e. The average Bonchev–Trinajstić information content (AvgIpc) is 2.00. The van der Waals surface area contributed by atoms with E-state index in [1.807, 2.05) is 0 Å². The van der Waals surface area contributed by atoms with Gasteiger partial charge in [0.2, 0.25) is 0 Å². The van der Waals surface area contributed by atoms with Gasteiger partial charge in [-0.15, -0.1) is 0 Å². The third-order valence-corrected chi connectivity index (χ3v) is 1.48. The molecule has 0 bridgehead atoms. The number of hydrogen-bond donors (Lipinski definition) is 2. The summed E-state index contributed by atoms with van der Waals surface area (Å²) in [6.45, 7) is 4.94. The molecule has 0 saturated carbocycles. The minimum atomic E-state index is 0.216. The number of nitrogens with two attached hydrogens (primary N) is 1. The molecule has 1 aromatic rings. The fraction of sp³-hybridized carbons (Fsp3) is 0.167. The summed E-state index contributed by atoms with van der Waals surface area (Å²) in [5, 5.41) is 3.64. The molecule has 1 heterocycles. The van der Waals surface area contributed by atoms with Crippen LogP contribution in [0.4, 0.5) is 11.5 Å². The summed E-state index contributed by atoms with van der Waals surface area (Å²) in [4.78, 5) is 7.80. The molecule has 0 radical (unpaired) electrons. The molecule has 0 amide bonds. The van der Waals surface area contributed by atoms with E-state index in [0.29, 0.717) is 11.6 Å². The molecule has 0 atom stereocenters. The first-order valence-electron chi connectivity index (χ1n) is 3.16. The summed E-state index contributed by atoms with van der Waals surface area (Å²) in [5.41, 5.74) is 8.31. The molecule has 0 aliphatic heterocycles. The molecule has 0 unspecified atom stereocenters. The lowest BCUT2D eigenvalue weighted by molar-refractivity contribution is 1.05. The average molecular weight is 186 g/mol. The lowest BCUT2D eigenvalue weighted by Gasteiger charge is -2.04. The number of nitrogens with one attached hydrogen (secondary N) is 1. The second-order valence-electron chi connectivity index (χ2n) is 2.09. The van der Waals surface area contributed by atoms with Crippen molar-refractivity contribution in [3.05, 3.63) is 11.0 Å². The van der Waals surface area contributed by atoms with Crippen molar-refractivity contribution >= 4 is 29.8 Å². The van der Waals surface area contributed by atoms with E-state index in [2.05, 4.69) is 27.2 Å². The Labute approximate surface area is 74.7 Å². The van der Waals surface area contributed by atoms with Gasteiger partial charge < -0.3 is 5.73 Å². The fourth-order valence-corrected chi connectivity index (χ4v) is 0.919. The summed E-state index contributed by atoms with van der Waals surface area (Å²) in [7, 11) is 0. The van der Waals surface area contributed by atoms with Gasteiger partial charge in [0.25, 0.3) is 0 Å². The molecular weight excluding hydrogens is 178 g/mol. The molecule has 0 aromatic carbocycles. The van der Waals surface area contributed by atoms with E-state index in [1.165, 1.54) is 0 Å². The first-order valence-corrected chi connectivity index (χ1v) is 3.54. The summed E-state index contributed by atoms with van der Waals surface area (Å²) >= 11 is 5.68. The number of nitrogen functional groups attached to an aromatic ring is 1. The van der Waals surface area contributed by atoms with E-state index in [4.69, 9.17) is 17.3 Å². The first kappa shape index (κ1) is 8.73. The Kier molecular flexibility index (Phi) is 2.44. The normalized spacial score (nSPS) is 9.50. The molecule has 5 nitrogen and oxygen atoms in total. The predicted molar refractivity (Wildman–Crippen MR) is 49.4 cm³/mol. The zero-order chi connectivity index (χ0) is 9.14. The molecule has 0 saturated heterocycles. The Morgan fingerprint density at radius 1 is 1.58 bits per heavy atom. The molecule has 0 fully saturated rings. The molecule has 12 heavy (non-hydrogen) atoms. The molecule has 3 N–H and O–H groups in total. The second-order valence-corrected chi connectivity index (χ2v) is 2.45. The van der Waals surface area contributed by atoms with Crippen LogP contribution in [0.1, 0.15) is 5.82 Å². The van der Waals surface area contributed by atoms with Gasteiger partial charge in [-0.2, -0.15) is 5.10 Å². The van der Waals surface area contributed by atoms with Gasteiger partial charge in [0, 0.05) is 6.72 Å². The molecule has 1 rings (SSSR count). The number of halogens is 1. The van der Waals surface area contributed by atoms with Crippen molar-refractivity contribution in [3.63, 3.8) is 0 Å². The molecule has 0 aliphatic rings. The van der Waals surface area contributed by atoms with Gasteiger partial charge in [-0.3, -0.25) is 5.43 Å². The van der Waals surface area contributed by atoms with E-state index in [1.54, 1.807) is 6.92 Å². The zero-order valence-corrected chi connectivity index (χ0v) is 7.26. The number of aromatic nitrogens is 2. The topological polar surface area (TPSA) is 76.2 Å². The number of rotatable bonds is 2. The van der Waals surface area contributed by atoms with Gasteiger partial charge in [-0.1, -0.05) is 11.6 Å². The lowest BCUT2D eigenvalue weighted by Crippen LogP contribution is -2.02. The van der Waals surface area contributed by atoms with Crippen molar-refractivity contribution in [3.8, 4) is 0 Å². The van der Waals surface area contributed by atoms with Crippen LogP contribution in [0.15, 0.2) is 5.10 Å². The van der Waals surface area contributed by atoms with Crippen LogP contribution < -0.4 is 11.2 Å². The van der Waals surface area contributed by atoms with Gasteiger partial charge in [-0.05, 0) is 6.92 Å². The maximum absolute atomic E-state index is 5.68. The molecule has 0 aliphatic carbocycles. The van der Waals surface area contributed by atoms with E-state index in [0.717, 1.165) is 0 Å². The van der Waals surface area contributed by atoms with Crippen LogP contribution in [-0.4, -0.2) is 16.7 Å². The van der Waals surface area contributed by atoms with E-state index < -0.39 is 0 Å². The maximum atomic E-state index is 5.68. The minimum Gasteiger partial charge on any atom is -0.393 e. The van der Waals surface area contributed by atoms with E-state index in [-0.39, 0.29) is 10.8 Å². The minimum absolute atomic E-state index is 0.216. The summed E-state index contributed by atoms with van der Waals surface area (Å²) < 4.78 is 0. The van der Waals surface area contributed by atoms with Crippen LogP contribution in [-0.2, 0) is 0 Å². The molecule has 0 spiro atoms. The van der Waals surface area contributed by atoms with Crippen LogP contribution in [0, 0.1) is 6.92 Å². The Balaban J connectivity index is 3.17. The SMILES string of the molecule is C=NNc1nc(C)nc(Cl)c1N. The van der Waals surface area contributed by atoms with Crippen LogP contribution >= 0.6 is 11.6 Å². The van der Waals surface area contributed by atoms with E-state index >= 15 is 0 Å². The number of hydrazone groups is 1. The predicted octanol–water partition coefficient (Wildman–Crippen LogP) is 1.05. The third kappa shape index (κ3) is 1.62. The van der Waals surface area contributed by atoms with Gasteiger partial charge in [0.15, 0.2) is 11.0 Å². The Morgan fingerprint density at radius 3 is 2.83 bits per heavy atom. The summed E-state index contributed by atoms with van der Waals surface area (Å²) in [6.07, 6.45) is 0. The Bertz CT molecular complexity index is 311. The monoisotopic (exact) mass is 185 g/mol. The first-order chi connectivity index (χ1) is 5.65. The van der Waals surface area contributed by atoms with E-state index in [9.17, 15) is 0 Å². The molecule has 1 aromatic heterocycles. The van der Waals surface area contributed by atoms with Crippen LogP contribution in [0.2, 0.25) is 5.15 Å². The van der Waals surface area contributed by atoms with Gasteiger partial charge >= 0.3 is 0 Å². The highest BCUT2D eigenvalue weighted by atomic mass is 35.5. The smallest absolute Gasteiger partial charge is 0.174 e. The van der Waals surface area contributed by atoms with Crippen molar-refractivity contribution in [2.24, 2.45) is 5.10 Å². The van der Waals surface area contributed by atoms with Crippen LogP contribution in [0.5, 0.6) is 0 Å². The quantitative estimate of drug-likeness (QED) is 0.410. The maximum Gasteiger partial charge on any atom is 0.174 e.